The van der Waals surface area contributed by atoms with Gasteiger partial charge in [0.2, 0.25) is 0 Å². The molecule has 1 atom stereocenters. The Kier molecular flexibility index (Phi) is 6.42. The fourth-order valence-corrected chi connectivity index (χ4v) is 3.31. The molecule has 6 heteroatoms. The molecule has 2 amide bonds. The van der Waals surface area contributed by atoms with Gasteiger partial charge in [-0.25, -0.2) is 0 Å². The van der Waals surface area contributed by atoms with Crippen LogP contribution in [0.1, 0.15) is 44.7 Å². The van der Waals surface area contributed by atoms with Crippen LogP contribution in [0.4, 0.5) is 0 Å². The molecule has 2 aromatic carbocycles. The normalized spacial score (nSPS) is 14.1. The van der Waals surface area contributed by atoms with Gasteiger partial charge in [-0.3, -0.25) is 9.59 Å². The third kappa shape index (κ3) is 5.08. The first-order valence-corrected chi connectivity index (χ1v) is 9.81. The molecule has 3 rings (SSSR count). The summed E-state index contributed by atoms with van der Waals surface area (Å²) in [6.07, 6.45) is 2.10. The van der Waals surface area contributed by atoms with Gasteiger partial charge in [0, 0.05) is 23.7 Å². The van der Waals surface area contributed by atoms with Gasteiger partial charge in [-0.05, 0) is 68.0 Å². The van der Waals surface area contributed by atoms with Gasteiger partial charge in [0.15, 0.2) is 0 Å². The Balaban J connectivity index is 1.63. The van der Waals surface area contributed by atoms with Crippen molar-refractivity contribution in [1.29, 1.82) is 0 Å². The topological polar surface area (TPSA) is 76.7 Å². The van der Waals surface area contributed by atoms with Crippen LogP contribution in [0.15, 0.2) is 36.4 Å². The molecule has 6 nitrogen and oxygen atoms in total. The Morgan fingerprint density at radius 2 is 1.45 bits per heavy atom. The second-order valence-electron chi connectivity index (χ2n) is 7.50. The first-order valence-electron chi connectivity index (χ1n) is 9.81. The van der Waals surface area contributed by atoms with Crippen LogP contribution in [0.5, 0.6) is 11.5 Å². The van der Waals surface area contributed by atoms with Gasteiger partial charge in [0.05, 0.1) is 14.2 Å². The van der Waals surface area contributed by atoms with Crippen LogP contribution in [-0.2, 0) is 0 Å². The van der Waals surface area contributed by atoms with Gasteiger partial charge in [0.1, 0.15) is 11.5 Å². The Bertz CT molecular complexity index is 906. The van der Waals surface area contributed by atoms with Gasteiger partial charge in [-0.15, -0.1) is 0 Å². The summed E-state index contributed by atoms with van der Waals surface area (Å²) >= 11 is 0. The number of benzene rings is 2. The minimum absolute atomic E-state index is 0.105. The molecule has 1 unspecified atom stereocenters. The molecule has 0 aliphatic heterocycles. The van der Waals surface area contributed by atoms with E-state index in [2.05, 4.69) is 10.6 Å². The number of aryl methyl sites for hydroxylation is 2. The third-order valence-electron chi connectivity index (χ3n) is 5.33. The van der Waals surface area contributed by atoms with E-state index in [0.29, 0.717) is 35.1 Å². The predicted octanol–water partition coefficient (Wildman–Crippen LogP) is 3.26. The minimum atomic E-state index is -0.180. The summed E-state index contributed by atoms with van der Waals surface area (Å²) < 4.78 is 10.6. The lowest BCUT2D eigenvalue weighted by Gasteiger charge is -2.19. The lowest BCUT2D eigenvalue weighted by Crippen LogP contribution is -2.45. The smallest absolute Gasteiger partial charge is 0.251 e. The van der Waals surface area contributed by atoms with Gasteiger partial charge in [-0.2, -0.15) is 0 Å². The molecular formula is C23H28N2O4. The summed E-state index contributed by atoms with van der Waals surface area (Å²) in [6, 6.07) is 10.7. The van der Waals surface area contributed by atoms with Crippen LogP contribution < -0.4 is 20.1 Å². The lowest BCUT2D eigenvalue weighted by molar-refractivity contribution is 0.0903. The van der Waals surface area contributed by atoms with Crippen molar-refractivity contribution < 1.29 is 19.1 Å². The maximum absolute atomic E-state index is 12.7. The summed E-state index contributed by atoms with van der Waals surface area (Å²) in [5.74, 6) is 1.41. The minimum Gasteiger partial charge on any atom is -0.496 e. The van der Waals surface area contributed by atoms with Crippen LogP contribution in [0, 0.1) is 19.8 Å². The molecule has 0 saturated heterocycles. The maximum Gasteiger partial charge on any atom is 0.251 e. The largest absolute Gasteiger partial charge is 0.496 e. The number of methoxy groups -OCH3 is 2. The molecule has 0 aromatic heterocycles. The lowest BCUT2D eigenvalue weighted by atomic mass is 10.1. The number of ether oxygens (including phenoxy) is 2. The van der Waals surface area contributed by atoms with Crippen molar-refractivity contribution in [2.45, 2.75) is 32.7 Å². The fraction of sp³-hybridized carbons (Fsp3) is 0.391. The highest BCUT2D eigenvalue weighted by Crippen LogP contribution is 2.32. The fourth-order valence-electron chi connectivity index (χ4n) is 3.31. The average molecular weight is 396 g/mol. The van der Waals surface area contributed by atoms with E-state index < -0.39 is 0 Å². The Hall–Kier alpha value is -3.02. The number of rotatable bonds is 8. The van der Waals surface area contributed by atoms with E-state index in [9.17, 15) is 9.59 Å². The van der Waals surface area contributed by atoms with Crippen molar-refractivity contribution >= 4 is 11.8 Å². The molecule has 2 N–H and O–H groups in total. The molecule has 154 valence electrons. The van der Waals surface area contributed by atoms with Gasteiger partial charge in [-0.1, -0.05) is 12.1 Å². The molecule has 0 heterocycles. The van der Waals surface area contributed by atoms with Crippen LogP contribution >= 0.6 is 0 Å². The second kappa shape index (κ2) is 8.99. The van der Waals surface area contributed by atoms with Crippen molar-refractivity contribution in [3.63, 3.8) is 0 Å². The number of amides is 2. The SMILES string of the molecule is COc1cc(C(=O)NCC(NC(=O)c2ccc(C)c(OC)c2)C2CC2)ccc1C. The third-order valence-corrected chi connectivity index (χ3v) is 5.33. The first kappa shape index (κ1) is 20.7. The van der Waals surface area contributed by atoms with Crippen molar-refractivity contribution in [3.8, 4) is 11.5 Å². The van der Waals surface area contributed by atoms with Gasteiger partial charge in [0.25, 0.3) is 11.8 Å². The summed E-state index contributed by atoms with van der Waals surface area (Å²) in [4.78, 5) is 25.3. The quantitative estimate of drug-likeness (QED) is 0.718. The van der Waals surface area contributed by atoms with Gasteiger partial charge < -0.3 is 20.1 Å². The molecule has 1 saturated carbocycles. The highest BCUT2D eigenvalue weighted by Gasteiger charge is 2.32. The second-order valence-corrected chi connectivity index (χ2v) is 7.50. The number of carbonyl (C=O) groups excluding carboxylic acids is 2. The Labute approximate surface area is 171 Å². The zero-order valence-corrected chi connectivity index (χ0v) is 17.4. The molecule has 0 radical (unpaired) electrons. The first-order chi connectivity index (χ1) is 13.9. The predicted molar refractivity (Wildman–Crippen MR) is 112 cm³/mol. The van der Waals surface area contributed by atoms with Crippen LogP contribution in [0.3, 0.4) is 0 Å². The number of hydrogen-bond acceptors (Lipinski definition) is 4. The molecule has 29 heavy (non-hydrogen) atoms. The van der Waals surface area contributed by atoms with Crippen molar-refractivity contribution in [1.82, 2.24) is 10.6 Å². The van der Waals surface area contributed by atoms with Gasteiger partial charge >= 0.3 is 0 Å². The molecule has 2 aromatic rings. The van der Waals surface area contributed by atoms with E-state index in [1.807, 2.05) is 26.0 Å². The zero-order chi connectivity index (χ0) is 21.0. The standard InChI is InChI=1S/C23H28N2O4/c1-14-5-7-17(11-20(14)28-3)22(26)24-13-19(16-9-10-16)25-23(27)18-8-6-15(2)21(12-18)29-4/h5-8,11-12,16,19H,9-10,13H2,1-4H3,(H,24,26)(H,25,27). The van der Waals surface area contributed by atoms with E-state index in [1.165, 1.54) is 0 Å². The van der Waals surface area contributed by atoms with E-state index in [4.69, 9.17) is 9.47 Å². The molecule has 1 aliphatic rings. The Morgan fingerprint density at radius 3 is 1.93 bits per heavy atom. The van der Waals surface area contributed by atoms with E-state index in [-0.39, 0.29) is 17.9 Å². The summed E-state index contributed by atoms with van der Waals surface area (Å²) in [5, 5.41) is 6.02. The average Bonchev–Trinajstić information content (AvgIpc) is 3.56. The van der Waals surface area contributed by atoms with Crippen molar-refractivity contribution in [2.24, 2.45) is 5.92 Å². The highest BCUT2D eigenvalue weighted by atomic mass is 16.5. The van der Waals surface area contributed by atoms with Crippen LogP contribution in [0.25, 0.3) is 0 Å². The molecule has 0 spiro atoms. The monoisotopic (exact) mass is 396 g/mol. The molecule has 0 bridgehead atoms. The van der Waals surface area contributed by atoms with Crippen LogP contribution in [0.2, 0.25) is 0 Å². The number of hydrogen-bond donors (Lipinski definition) is 2. The number of nitrogens with one attached hydrogen (secondary N) is 2. The summed E-state index contributed by atoms with van der Waals surface area (Å²) in [7, 11) is 3.18. The molecule has 1 fully saturated rings. The van der Waals surface area contributed by atoms with E-state index in [1.54, 1.807) is 38.5 Å². The van der Waals surface area contributed by atoms with E-state index in [0.717, 1.165) is 24.0 Å². The number of carbonyl (C=O) groups is 2. The molecular weight excluding hydrogens is 368 g/mol. The van der Waals surface area contributed by atoms with E-state index >= 15 is 0 Å². The maximum atomic E-state index is 12.7. The molecule has 1 aliphatic carbocycles. The van der Waals surface area contributed by atoms with Crippen molar-refractivity contribution in [3.05, 3.63) is 58.7 Å². The highest BCUT2D eigenvalue weighted by molar-refractivity contribution is 5.96. The summed E-state index contributed by atoms with van der Waals surface area (Å²) in [6.45, 7) is 4.25. The summed E-state index contributed by atoms with van der Waals surface area (Å²) in [5.41, 5.74) is 3.04. The van der Waals surface area contributed by atoms with Crippen LogP contribution in [-0.4, -0.2) is 38.6 Å². The van der Waals surface area contributed by atoms with Crippen molar-refractivity contribution in [2.75, 3.05) is 20.8 Å². The Morgan fingerprint density at radius 1 is 0.931 bits per heavy atom. The zero-order valence-electron chi connectivity index (χ0n) is 17.4.